The molecule has 1 N–H and O–H groups in total. The number of aromatic nitrogens is 2. The van der Waals surface area contributed by atoms with Crippen LogP contribution in [0.4, 0.5) is 5.69 Å². The molecule has 1 saturated heterocycles. The molecule has 1 aliphatic heterocycles. The number of piperidine rings is 1. The van der Waals surface area contributed by atoms with Crippen molar-refractivity contribution in [1.29, 1.82) is 0 Å². The van der Waals surface area contributed by atoms with Gasteiger partial charge in [-0.3, -0.25) is 4.79 Å². The molecule has 2 aromatic heterocycles. The Morgan fingerprint density at radius 3 is 3.13 bits per heavy atom. The molecule has 3 heterocycles. The molecular weight excluding hydrogens is 308 g/mol. The van der Waals surface area contributed by atoms with Gasteiger partial charge in [-0.2, -0.15) is 11.8 Å². The number of likely N-dealkylation sites (N-methyl/N-ethyl adjacent to an activating group) is 1. The molecule has 2 atom stereocenters. The van der Waals surface area contributed by atoms with E-state index in [4.69, 9.17) is 0 Å². The Kier molecular flexibility index (Phi) is 4.80. The van der Waals surface area contributed by atoms with Gasteiger partial charge in [-0.1, -0.05) is 6.92 Å². The van der Waals surface area contributed by atoms with Crippen molar-refractivity contribution in [3.05, 3.63) is 24.5 Å². The van der Waals surface area contributed by atoms with Crippen LogP contribution in [0, 0.1) is 5.92 Å². The number of thioether (sulfide) groups is 1. The second kappa shape index (κ2) is 6.83. The smallest absolute Gasteiger partial charge is 0.232 e. The first-order chi connectivity index (χ1) is 11.1. The molecule has 1 aliphatic rings. The zero-order valence-corrected chi connectivity index (χ0v) is 14.8. The maximum absolute atomic E-state index is 12.3. The molecule has 0 aromatic carbocycles. The van der Waals surface area contributed by atoms with Crippen LogP contribution in [0.15, 0.2) is 24.5 Å². The van der Waals surface area contributed by atoms with Crippen LogP contribution in [-0.4, -0.2) is 59.0 Å². The lowest BCUT2D eigenvalue weighted by Gasteiger charge is -2.42. The largest absolute Gasteiger partial charge is 0.369 e. The Morgan fingerprint density at radius 2 is 2.35 bits per heavy atom. The van der Waals surface area contributed by atoms with Crippen LogP contribution >= 0.6 is 11.8 Å². The molecule has 6 heteroatoms. The van der Waals surface area contributed by atoms with Crippen molar-refractivity contribution in [3.8, 4) is 0 Å². The average molecular weight is 332 g/mol. The molecular formula is C17H24N4OS. The normalized spacial score (nSPS) is 21.6. The van der Waals surface area contributed by atoms with Crippen molar-refractivity contribution in [2.24, 2.45) is 5.92 Å². The van der Waals surface area contributed by atoms with Gasteiger partial charge >= 0.3 is 0 Å². The molecule has 23 heavy (non-hydrogen) atoms. The number of rotatable bonds is 4. The van der Waals surface area contributed by atoms with Gasteiger partial charge in [0.25, 0.3) is 0 Å². The minimum Gasteiger partial charge on any atom is -0.369 e. The van der Waals surface area contributed by atoms with Crippen molar-refractivity contribution in [2.45, 2.75) is 19.4 Å². The Hall–Kier alpha value is -1.69. The number of hydrogen-bond donors (Lipinski definition) is 1. The number of carbonyl (C=O) groups excluding carboxylic acids is 1. The highest BCUT2D eigenvalue weighted by molar-refractivity contribution is 7.99. The second-order valence-electron chi connectivity index (χ2n) is 6.29. The zero-order valence-electron chi connectivity index (χ0n) is 14.0. The maximum atomic E-state index is 12.3. The first kappa shape index (κ1) is 16.2. The Bertz CT molecular complexity index is 686. The summed E-state index contributed by atoms with van der Waals surface area (Å²) in [5.41, 5.74) is 2.08. The summed E-state index contributed by atoms with van der Waals surface area (Å²) in [6.07, 6.45) is 6.80. The number of fused-ring (bicyclic) bond motifs is 1. The second-order valence-corrected chi connectivity index (χ2v) is 7.15. The van der Waals surface area contributed by atoms with Crippen molar-refractivity contribution in [3.63, 3.8) is 0 Å². The standard InChI is InChI=1S/C17H24N4OS/c1-12-6-9-21(16(22)11-23-3)10-15(12)20(2)14-5-8-19-17-13(14)4-7-18-17/h4-5,7-8,12,15H,6,9-11H2,1-3H3,(H,18,19)/t12-,15?/m1/s1. The van der Waals surface area contributed by atoms with Gasteiger partial charge in [0, 0.05) is 49.6 Å². The Labute approximate surface area is 141 Å². The van der Waals surface area contributed by atoms with Gasteiger partial charge in [-0.05, 0) is 30.7 Å². The number of likely N-dealkylation sites (tertiary alicyclic amines) is 1. The zero-order chi connectivity index (χ0) is 16.4. The molecule has 124 valence electrons. The fraction of sp³-hybridized carbons (Fsp3) is 0.529. The third-order valence-corrected chi connectivity index (χ3v) is 5.39. The molecule has 0 aliphatic carbocycles. The topological polar surface area (TPSA) is 52.2 Å². The predicted octanol–water partition coefficient (Wildman–Crippen LogP) is 2.60. The fourth-order valence-corrected chi connectivity index (χ4v) is 3.86. The predicted molar refractivity (Wildman–Crippen MR) is 97.0 cm³/mol. The van der Waals surface area contributed by atoms with E-state index in [9.17, 15) is 4.79 Å². The Balaban J connectivity index is 1.83. The molecule has 1 unspecified atom stereocenters. The lowest BCUT2D eigenvalue weighted by atomic mass is 9.92. The minimum absolute atomic E-state index is 0.254. The number of carbonyl (C=O) groups is 1. The third-order valence-electron chi connectivity index (χ3n) is 4.85. The molecule has 2 aromatic rings. The molecule has 0 radical (unpaired) electrons. The number of amides is 1. The van der Waals surface area contributed by atoms with Gasteiger partial charge in [0.15, 0.2) is 0 Å². The summed E-state index contributed by atoms with van der Waals surface area (Å²) in [4.78, 5) is 24.1. The summed E-state index contributed by atoms with van der Waals surface area (Å²) in [5, 5.41) is 1.13. The lowest BCUT2D eigenvalue weighted by Crippen LogP contribution is -2.53. The molecule has 1 amide bonds. The first-order valence-electron chi connectivity index (χ1n) is 8.03. The molecule has 1 fully saturated rings. The number of H-pyrrole nitrogens is 1. The van der Waals surface area contributed by atoms with E-state index >= 15 is 0 Å². The van der Waals surface area contributed by atoms with E-state index in [1.54, 1.807) is 11.8 Å². The number of pyridine rings is 1. The van der Waals surface area contributed by atoms with E-state index in [0.717, 1.165) is 30.5 Å². The lowest BCUT2D eigenvalue weighted by molar-refractivity contribution is -0.130. The van der Waals surface area contributed by atoms with Gasteiger partial charge in [-0.15, -0.1) is 0 Å². The first-order valence-corrected chi connectivity index (χ1v) is 9.43. The van der Waals surface area contributed by atoms with Crippen molar-refractivity contribution in [2.75, 3.05) is 37.0 Å². The van der Waals surface area contributed by atoms with Crippen molar-refractivity contribution < 1.29 is 4.79 Å². The van der Waals surface area contributed by atoms with E-state index in [-0.39, 0.29) is 5.91 Å². The molecule has 3 rings (SSSR count). The van der Waals surface area contributed by atoms with E-state index < -0.39 is 0 Å². The van der Waals surface area contributed by atoms with Crippen LogP contribution in [0.5, 0.6) is 0 Å². The van der Waals surface area contributed by atoms with Crippen molar-refractivity contribution in [1.82, 2.24) is 14.9 Å². The maximum Gasteiger partial charge on any atom is 0.232 e. The van der Waals surface area contributed by atoms with Crippen LogP contribution in [0.2, 0.25) is 0 Å². The van der Waals surface area contributed by atoms with E-state index in [1.165, 1.54) is 5.69 Å². The van der Waals surface area contributed by atoms with Crippen LogP contribution in [0.3, 0.4) is 0 Å². The SMILES string of the molecule is CSCC(=O)N1CC[C@@H](C)C(N(C)c2ccnc3[nH]ccc23)C1. The van der Waals surface area contributed by atoms with Gasteiger partial charge in [0.1, 0.15) is 5.65 Å². The summed E-state index contributed by atoms with van der Waals surface area (Å²) in [7, 11) is 2.13. The van der Waals surface area contributed by atoms with Crippen LogP contribution < -0.4 is 4.90 Å². The van der Waals surface area contributed by atoms with Gasteiger partial charge in [0.05, 0.1) is 5.75 Å². The van der Waals surface area contributed by atoms with Gasteiger partial charge < -0.3 is 14.8 Å². The third kappa shape index (κ3) is 3.17. The van der Waals surface area contributed by atoms with Crippen LogP contribution in [-0.2, 0) is 4.79 Å². The highest BCUT2D eigenvalue weighted by Crippen LogP contribution is 2.30. The summed E-state index contributed by atoms with van der Waals surface area (Å²) in [5.74, 6) is 1.38. The summed E-state index contributed by atoms with van der Waals surface area (Å²) < 4.78 is 0. The van der Waals surface area contributed by atoms with E-state index in [1.807, 2.05) is 23.5 Å². The Morgan fingerprint density at radius 1 is 1.52 bits per heavy atom. The van der Waals surface area contributed by atoms with E-state index in [0.29, 0.717) is 17.7 Å². The average Bonchev–Trinajstić information content (AvgIpc) is 3.03. The van der Waals surface area contributed by atoms with Crippen molar-refractivity contribution >= 4 is 34.4 Å². The number of aromatic amines is 1. The van der Waals surface area contributed by atoms with E-state index in [2.05, 4.69) is 41.0 Å². The number of nitrogens with zero attached hydrogens (tertiary/aromatic N) is 3. The molecule has 0 saturated carbocycles. The van der Waals surface area contributed by atoms with Crippen LogP contribution in [0.1, 0.15) is 13.3 Å². The van der Waals surface area contributed by atoms with Crippen LogP contribution in [0.25, 0.3) is 11.0 Å². The monoisotopic (exact) mass is 332 g/mol. The fourth-order valence-electron chi connectivity index (χ4n) is 3.43. The molecule has 5 nitrogen and oxygen atoms in total. The van der Waals surface area contributed by atoms with Gasteiger partial charge in [0.2, 0.25) is 5.91 Å². The minimum atomic E-state index is 0.254. The highest BCUT2D eigenvalue weighted by atomic mass is 32.2. The quantitative estimate of drug-likeness (QED) is 0.935. The number of hydrogen-bond acceptors (Lipinski definition) is 4. The summed E-state index contributed by atoms with van der Waals surface area (Å²) in [6.45, 7) is 3.96. The van der Waals surface area contributed by atoms with Gasteiger partial charge in [-0.25, -0.2) is 4.98 Å². The summed E-state index contributed by atoms with van der Waals surface area (Å²) >= 11 is 1.60. The molecule has 0 bridgehead atoms. The molecule has 0 spiro atoms. The highest BCUT2D eigenvalue weighted by Gasteiger charge is 2.31. The summed E-state index contributed by atoms with van der Waals surface area (Å²) in [6, 6.07) is 4.46. The number of anilines is 1. The number of nitrogens with one attached hydrogen (secondary N) is 1.